The van der Waals surface area contributed by atoms with Crippen molar-refractivity contribution in [1.82, 2.24) is 9.55 Å². The van der Waals surface area contributed by atoms with E-state index in [-0.39, 0.29) is 5.97 Å². The van der Waals surface area contributed by atoms with Crippen LogP contribution in [0.1, 0.15) is 13.3 Å². The van der Waals surface area contributed by atoms with Gasteiger partial charge in [0.05, 0.1) is 24.4 Å². The number of carbonyl (C=O) groups excluding carboxylic acids is 1. The first-order chi connectivity index (χ1) is 15.3. The van der Waals surface area contributed by atoms with Gasteiger partial charge in [0.25, 0.3) is 0 Å². The molecule has 0 aliphatic heterocycles. The summed E-state index contributed by atoms with van der Waals surface area (Å²) in [6.45, 7) is 2.23. The minimum Gasteiger partial charge on any atom is -0.466 e. The second-order valence-electron chi connectivity index (χ2n) is 6.90. The van der Waals surface area contributed by atoms with E-state index in [9.17, 15) is 4.79 Å². The molecule has 0 N–H and O–H groups in total. The van der Waals surface area contributed by atoms with Crippen molar-refractivity contribution in [2.24, 2.45) is 0 Å². The van der Waals surface area contributed by atoms with Gasteiger partial charge in [0.15, 0.2) is 5.16 Å². The Morgan fingerprint density at radius 1 is 0.871 bits per heavy atom. The van der Waals surface area contributed by atoms with E-state index in [0.717, 1.165) is 33.4 Å². The van der Waals surface area contributed by atoms with E-state index < -0.39 is 0 Å². The highest BCUT2D eigenvalue weighted by Gasteiger charge is 2.21. The maximum Gasteiger partial charge on any atom is 0.306 e. The van der Waals surface area contributed by atoms with Gasteiger partial charge in [-0.2, -0.15) is 0 Å². The van der Waals surface area contributed by atoms with Crippen molar-refractivity contribution in [2.45, 2.75) is 18.5 Å². The van der Waals surface area contributed by atoms with Crippen molar-refractivity contribution in [2.75, 3.05) is 12.4 Å². The van der Waals surface area contributed by atoms with Gasteiger partial charge >= 0.3 is 5.97 Å². The average Bonchev–Trinajstić information content (AvgIpc) is 3.20. The zero-order valence-corrected chi connectivity index (χ0v) is 18.2. The van der Waals surface area contributed by atoms with E-state index >= 15 is 0 Å². The van der Waals surface area contributed by atoms with E-state index in [1.54, 1.807) is 11.8 Å². The second-order valence-corrected chi connectivity index (χ2v) is 7.96. The molecule has 0 aliphatic rings. The molecule has 0 atom stereocenters. The fourth-order valence-electron chi connectivity index (χ4n) is 3.43. The van der Waals surface area contributed by atoms with Gasteiger partial charge in [-0.1, -0.05) is 90.6 Å². The first-order valence-electron chi connectivity index (χ1n) is 10.4. The molecule has 4 aromatic rings. The number of imidazole rings is 1. The highest BCUT2D eigenvalue weighted by atomic mass is 32.2. The van der Waals surface area contributed by atoms with Crippen LogP contribution < -0.4 is 0 Å². The van der Waals surface area contributed by atoms with Crippen LogP contribution in [0.25, 0.3) is 28.2 Å². The van der Waals surface area contributed by atoms with Gasteiger partial charge in [-0.15, -0.1) is 0 Å². The Morgan fingerprint density at radius 3 is 2.06 bits per heavy atom. The highest BCUT2D eigenvalue weighted by Crippen LogP contribution is 2.38. The van der Waals surface area contributed by atoms with Gasteiger partial charge < -0.3 is 4.74 Å². The van der Waals surface area contributed by atoms with E-state index in [4.69, 9.17) is 9.72 Å². The smallest absolute Gasteiger partial charge is 0.306 e. The summed E-state index contributed by atoms with van der Waals surface area (Å²) < 4.78 is 7.27. The van der Waals surface area contributed by atoms with Crippen molar-refractivity contribution in [3.05, 3.63) is 91.0 Å². The fraction of sp³-hybridized carbons (Fsp3) is 0.154. The molecule has 0 saturated heterocycles. The maximum absolute atomic E-state index is 11.8. The molecule has 0 aliphatic carbocycles. The van der Waals surface area contributed by atoms with Crippen molar-refractivity contribution in [3.63, 3.8) is 0 Å². The number of aromatic nitrogens is 2. The zero-order chi connectivity index (χ0) is 21.5. The van der Waals surface area contributed by atoms with Crippen molar-refractivity contribution < 1.29 is 9.53 Å². The van der Waals surface area contributed by atoms with E-state index in [1.165, 1.54) is 0 Å². The minimum absolute atomic E-state index is 0.181. The first-order valence-corrected chi connectivity index (χ1v) is 11.3. The van der Waals surface area contributed by atoms with Crippen LogP contribution in [0.5, 0.6) is 0 Å². The summed E-state index contributed by atoms with van der Waals surface area (Å²) in [5, 5.41) is 0.855. The van der Waals surface area contributed by atoms with Crippen LogP contribution in [-0.2, 0) is 9.53 Å². The number of thioether (sulfide) groups is 1. The Bertz CT molecular complexity index is 1130. The topological polar surface area (TPSA) is 44.1 Å². The second kappa shape index (κ2) is 10.1. The van der Waals surface area contributed by atoms with Gasteiger partial charge in [-0.3, -0.25) is 9.36 Å². The molecule has 4 nitrogen and oxygen atoms in total. The molecule has 0 radical (unpaired) electrons. The molecule has 0 unspecified atom stereocenters. The number of para-hydroxylation sites is 1. The van der Waals surface area contributed by atoms with Gasteiger partial charge in [0, 0.05) is 22.6 Å². The summed E-state index contributed by atoms with van der Waals surface area (Å²) >= 11 is 1.57. The molecule has 31 heavy (non-hydrogen) atoms. The van der Waals surface area contributed by atoms with Crippen LogP contribution in [0.4, 0.5) is 0 Å². The SMILES string of the molecule is CCOC(=O)CCSc1nc(-c2ccccc2)c(-c2ccccc2)n1-c1ccccc1. The summed E-state index contributed by atoms with van der Waals surface area (Å²) in [5.74, 6) is 0.421. The molecule has 0 spiro atoms. The molecular formula is C26H24N2O2S. The predicted molar refractivity (Wildman–Crippen MR) is 126 cm³/mol. The van der Waals surface area contributed by atoms with Gasteiger partial charge in [0.1, 0.15) is 0 Å². The summed E-state index contributed by atoms with van der Waals surface area (Å²) in [7, 11) is 0. The van der Waals surface area contributed by atoms with Crippen molar-refractivity contribution >= 4 is 17.7 Å². The predicted octanol–water partition coefficient (Wildman–Crippen LogP) is 6.25. The monoisotopic (exact) mass is 428 g/mol. The number of benzene rings is 3. The third-order valence-corrected chi connectivity index (χ3v) is 5.74. The lowest BCUT2D eigenvalue weighted by molar-refractivity contribution is -0.142. The number of esters is 1. The van der Waals surface area contributed by atoms with E-state index in [0.29, 0.717) is 18.8 Å². The normalized spacial score (nSPS) is 10.7. The maximum atomic E-state index is 11.8. The molecular weight excluding hydrogens is 404 g/mol. The number of rotatable bonds is 8. The first kappa shape index (κ1) is 20.9. The Hall–Kier alpha value is -3.31. The highest BCUT2D eigenvalue weighted by molar-refractivity contribution is 7.99. The van der Waals surface area contributed by atoms with Gasteiger partial charge in [0.2, 0.25) is 0 Å². The third-order valence-electron chi connectivity index (χ3n) is 4.80. The molecule has 5 heteroatoms. The quantitative estimate of drug-likeness (QED) is 0.246. The number of carbonyl (C=O) groups is 1. The number of hydrogen-bond donors (Lipinski definition) is 0. The summed E-state index contributed by atoms with van der Waals surface area (Å²) in [5.41, 5.74) is 5.15. The Labute approximate surface area is 186 Å². The molecule has 1 heterocycles. The molecule has 0 fully saturated rings. The van der Waals surface area contributed by atoms with Crippen LogP contribution in [0.3, 0.4) is 0 Å². The fourth-order valence-corrected chi connectivity index (χ4v) is 4.36. The molecule has 156 valence electrons. The molecule has 4 rings (SSSR count). The lowest BCUT2D eigenvalue weighted by atomic mass is 10.0. The Morgan fingerprint density at radius 2 is 1.45 bits per heavy atom. The Kier molecular flexibility index (Phi) is 6.85. The van der Waals surface area contributed by atoms with Crippen molar-refractivity contribution in [3.8, 4) is 28.2 Å². The molecule has 0 saturated carbocycles. The minimum atomic E-state index is -0.181. The van der Waals surface area contributed by atoms with Crippen LogP contribution in [0.15, 0.2) is 96.2 Å². The van der Waals surface area contributed by atoms with Crippen LogP contribution >= 0.6 is 11.8 Å². The zero-order valence-electron chi connectivity index (χ0n) is 17.4. The lowest BCUT2D eigenvalue weighted by Gasteiger charge is -2.13. The lowest BCUT2D eigenvalue weighted by Crippen LogP contribution is -2.05. The third kappa shape index (κ3) is 4.89. The number of hydrogen-bond acceptors (Lipinski definition) is 4. The summed E-state index contributed by atoms with van der Waals surface area (Å²) in [6, 6.07) is 30.8. The standard InChI is InChI=1S/C26H24N2O2S/c1-2-30-23(29)18-19-31-26-27-24(20-12-6-3-7-13-20)25(21-14-8-4-9-15-21)28(26)22-16-10-5-11-17-22/h3-17H,2,18-19H2,1H3. The van der Waals surface area contributed by atoms with Crippen LogP contribution in [-0.4, -0.2) is 27.9 Å². The Balaban J connectivity index is 1.84. The van der Waals surface area contributed by atoms with Gasteiger partial charge in [-0.25, -0.2) is 4.98 Å². The number of ether oxygens (including phenoxy) is 1. The number of nitrogens with zero attached hydrogens (tertiary/aromatic N) is 2. The molecule has 1 aromatic heterocycles. The van der Waals surface area contributed by atoms with Gasteiger partial charge in [-0.05, 0) is 19.1 Å². The largest absolute Gasteiger partial charge is 0.466 e. The van der Waals surface area contributed by atoms with Crippen molar-refractivity contribution in [1.29, 1.82) is 0 Å². The van der Waals surface area contributed by atoms with Crippen LogP contribution in [0.2, 0.25) is 0 Å². The van der Waals surface area contributed by atoms with Crippen LogP contribution in [0, 0.1) is 0 Å². The molecule has 0 bridgehead atoms. The average molecular weight is 429 g/mol. The molecule has 0 amide bonds. The summed E-state index contributed by atoms with van der Waals surface area (Å²) in [4.78, 5) is 16.9. The summed E-state index contributed by atoms with van der Waals surface area (Å²) in [6.07, 6.45) is 0.349. The van der Waals surface area contributed by atoms with E-state index in [2.05, 4.69) is 41.0 Å². The molecule has 3 aromatic carbocycles. The van der Waals surface area contributed by atoms with E-state index in [1.807, 2.05) is 61.5 Å².